The highest BCUT2D eigenvalue weighted by Gasteiger charge is 2.33. The highest BCUT2D eigenvalue weighted by molar-refractivity contribution is 6.31. The standard InChI is InChI=1S/C15H16ClF3N2O3/c16-12-4-3-10(6-11(12)15(17,18)19)20-13(22)8-21-5-1-2-9(7-21)14(23)24/h3-4,6,9H,1-2,5,7-8H2,(H,20,22)(H,23,24). The Morgan fingerprint density at radius 1 is 1.38 bits per heavy atom. The smallest absolute Gasteiger partial charge is 0.417 e. The number of carbonyl (C=O) groups excluding carboxylic acids is 1. The number of amides is 1. The van der Waals surface area contributed by atoms with Crippen molar-refractivity contribution in [3.05, 3.63) is 28.8 Å². The van der Waals surface area contributed by atoms with Gasteiger partial charge in [0.1, 0.15) is 0 Å². The lowest BCUT2D eigenvalue weighted by Gasteiger charge is -2.29. The van der Waals surface area contributed by atoms with Gasteiger partial charge < -0.3 is 10.4 Å². The van der Waals surface area contributed by atoms with Gasteiger partial charge in [-0.3, -0.25) is 14.5 Å². The highest BCUT2D eigenvalue weighted by Crippen LogP contribution is 2.36. The Morgan fingerprint density at radius 3 is 2.71 bits per heavy atom. The predicted octanol–water partition coefficient (Wildman–Crippen LogP) is 3.09. The first kappa shape index (κ1) is 18.5. The molecular weight excluding hydrogens is 349 g/mol. The monoisotopic (exact) mass is 364 g/mol. The first-order valence-electron chi connectivity index (χ1n) is 7.28. The number of likely N-dealkylation sites (tertiary alicyclic amines) is 1. The minimum Gasteiger partial charge on any atom is -0.481 e. The molecule has 1 heterocycles. The van der Waals surface area contributed by atoms with Gasteiger partial charge in [0.2, 0.25) is 5.91 Å². The van der Waals surface area contributed by atoms with E-state index in [1.165, 1.54) is 6.07 Å². The van der Waals surface area contributed by atoms with Crippen molar-refractivity contribution in [3.63, 3.8) is 0 Å². The molecule has 2 N–H and O–H groups in total. The van der Waals surface area contributed by atoms with Gasteiger partial charge in [-0.15, -0.1) is 0 Å². The van der Waals surface area contributed by atoms with Gasteiger partial charge in [-0.25, -0.2) is 0 Å². The number of nitrogens with zero attached hydrogens (tertiary/aromatic N) is 1. The third-order valence-electron chi connectivity index (χ3n) is 3.78. The molecule has 1 fully saturated rings. The van der Waals surface area contributed by atoms with Crippen molar-refractivity contribution in [1.29, 1.82) is 0 Å². The van der Waals surface area contributed by atoms with Crippen LogP contribution in [0.1, 0.15) is 18.4 Å². The van der Waals surface area contributed by atoms with Gasteiger partial charge in [0.15, 0.2) is 0 Å². The average Bonchev–Trinajstić information content (AvgIpc) is 2.48. The van der Waals surface area contributed by atoms with Gasteiger partial charge >= 0.3 is 12.1 Å². The number of nitrogens with one attached hydrogen (secondary N) is 1. The largest absolute Gasteiger partial charge is 0.481 e. The normalized spacial score (nSPS) is 19.1. The van der Waals surface area contributed by atoms with Crippen molar-refractivity contribution in [1.82, 2.24) is 4.90 Å². The van der Waals surface area contributed by atoms with E-state index in [9.17, 15) is 22.8 Å². The number of carbonyl (C=O) groups is 2. The van der Waals surface area contributed by atoms with Crippen LogP contribution < -0.4 is 5.32 Å². The van der Waals surface area contributed by atoms with Gasteiger partial charge in [-0.2, -0.15) is 13.2 Å². The maximum Gasteiger partial charge on any atom is 0.417 e. The number of anilines is 1. The lowest BCUT2D eigenvalue weighted by molar-refractivity contribution is -0.144. The zero-order chi connectivity index (χ0) is 17.9. The Morgan fingerprint density at radius 2 is 2.08 bits per heavy atom. The maximum absolute atomic E-state index is 12.8. The van der Waals surface area contributed by atoms with Gasteiger partial charge in [-0.1, -0.05) is 11.6 Å². The molecule has 9 heteroatoms. The molecule has 24 heavy (non-hydrogen) atoms. The molecule has 0 spiro atoms. The fraction of sp³-hybridized carbons (Fsp3) is 0.467. The highest BCUT2D eigenvalue weighted by atomic mass is 35.5. The van der Waals surface area contributed by atoms with Crippen LogP contribution in [0.15, 0.2) is 18.2 Å². The van der Waals surface area contributed by atoms with E-state index in [0.717, 1.165) is 12.1 Å². The van der Waals surface area contributed by atoms with Gasteiger partial charge in [0, 0.05) is 12.2 Å². The molecule has 1 atom stereocenters. The van der Waals surface area contributed by atoms with Gasteiger partial charge in [0.25, 0.3) is 0 Å². The Hall–Kier alpha value is -1.80. The van der Waals surface area contributed by atoms with Crippen molar-refractivity contribution in [2.45, 2.75) is 19.0 Å². The topological polar surface area (TPSA) is 69.6 Å². The number of halogens is 4. The number of carboxylic acid groups (broad SMARTS) is 1. The van der Waals surface area contributed by atoms with Crippen molar-refractivity contribution in [3.8, 4) is 0 Å². The van der Waals surface area contributed by atoms with Crippen LogP contribution in [0, 0.1) is 5.92 Å². The van der Waals surface area contributed by atoms with E-state index in [4.69, 9.17) is 16.7 Å². The SMILES string of the molecule is O=C(CN1CCCC(C(=O)O)C1)Nc1ccc(Cl)c(C(F)(F)F)c1. The molecular formula is C15H16ClF3N2O3. The molecule has 1 aromatic rings. The van der Waals surface area contributed by atoms with Gasteiger partial charge in [-0.05, 0) is 37.6 Å². The molecule has 5 nitrogen and oxygen atoms in total. The molecule has 2 rings (SSSR count). The number of alkyl halides is 3. The molecule has 1 aliphatic heterocycles. The summed E-state index contributed by atoms with van der Waals surface area (Å²) in [4.78, 5) is 24.7. The second kappa shape index (κ2) is 7.40. The Balaban J connectivity index is 1.99. The average molecular weight is 365 g/mol. The van der Waals surface area contributed by atoms with Crippen LogP contribution in [0.4, 0.5) is 18.9 Å². The molecule has 0 aliphatic carbocycles. The molecule has 0 radical (unpaired) electrons. The van der Waals surface area contributed by atoms with E-state index in [1.807, 2.05) is 0 Å². The Bertz CT molecular complexity index is 637. The number of hydrogen-bond donors (Lipinski definition) is 2. The number of rotatable bonds is 4. The number of aliphatic carboxylic acids is 1. The van der Waals surface area contributed by atoms with Crippen LogP contribution in [0.25, 0.3) is 0 Å². The van der Waals surface area contributed by atoms with Crippen LogP contribution >= 0.6 is 11.6 Å². The van der Waals surface area contributed by atoms with Crippen LogP contribution in [0.3, 0.4) is 0 Å². The van der Waals surface area contributed by atoms with E-state index in [-0.39, 0.29) is 18.8 Å². The minimum absolute atomic E-state index is 0.0106. The van der Waals surface area contributed by atoms with Gasteiger partial charge in [0.05, 0.1) is 23.0 Å². The number of carboxylic acids is 1. The lowest BCUT2D eigenvalue weighted by Crippen LogP contribution is -2.42. The molecule has 132 valence electrons. The summed E-state index contributed by atoms with van der Waals surface area (Å²) in [7, 11) is 0. The molecule has 1 unspecified atom stereocenters. The van der Waals surface area contributed by atoms with Crippen LogP contribution in [-0.4, -0.2) is 41.5 Å². The number of piperidine rings is 1. The quantitative estimate of drug-likeness (QED) is 0.861. The Kier molecular flexibility index (Phi) is 5.71. The predicted molar refractivity (Wildman–Crippen MR) is 81.9 cm³/mol. The van der Waals surface area contributed by atoms with Crippen LogP contribution in [-0.2, 0) is 15.8 Å². The van der Waals surface area contributed by atoms with Crippen molar-refractivity contribution in [2.75, 3.05) is 25.0 Å². The summed E-state index contributed by atoms with van der Waals surface area (Å²) >= 11 is 5.52. The van der Waals surface area contributed by atoms with E-state index in [0.29, 0.717) is 19.4 Å². The van der Waals surface area contributed by atoms with E-state index in [2.05, 4.69) is 5.32 Å². The third-order valence-corrected chi connectivity index (χ3v) is 4.11. The first-order valence-corrected chi connectivity index (χ1v) is 7.66. The Labute approximate surface area is 141 Å². The van der Waals surface area contributed by atoms with Crippen molar-refractivity contribution >= 4 is 29.2 Å². The summed E-state index contributed by atoms with van der Waals surface area (Å²) < 4.78 is 38.4. The van der Waals surface area contributed by atoms with E-state index >= 15 is 0 Å². The van der Waals surface area contributed by atoms with Crippen LogP contribution in [0.5, 0.6) is 0 Å². The molecule has 0 aromatic heterocycles. The molecule has 0 bridgehead atoms. The summed E-state index contributed by atoms with van der Waals surface area (Å²) in [6.07, 6.45) is -3.40. The second-order valence-electron chi connectivity index (χ2n) is 5.65. The summed E-state index contributed by atoms with van der Waals surface area (Å²) in [6, 6.07) is 3.13. The zero-order valence-corrected chi connectivity index (χ0v) is 13.3. The zero-order valence-electron chi connectivity index (χ0n) is 12.6. The summed E-state index contributed by atoms with van der Waals surface area (Å²) in [6.45, 7) is 0.747. The van der Waals surface area contributed by atoms with Crippen molar-refractivity contribution in [2.24, 2.45) is 5.92 Å². The van der Waals surface area contributed by atoms with Crippen LogP contribution in [0.2, 0.25) is 5.02 Å². The molecule has 1 aliphatic rings. The summed E-state index contributed by atoms with van der Waals surface area (Å²) in [5.41, 5.74) is -1.03. The fourth-order valence-electron chi connectivity index (χ4n) is 2.62. The molecule has 1 amide bonds. The summed E-state index contributed by atoms with van der Waals surface area (Å²) in [5, 5.41) is 11.0. The maximum atomic E-state index is 12.8. The summed E-state index contributed by atoms with van der Waals surface area (Å²) in [5.74, 6) is -1.94. The number of benzene rings is 1. The minimum atomic E-state index is -4.61. The molecule has 1 saturated heterocycles. The second-order valence-corrected chi connectivity index (χ2v) is 6.06. The fourth-order valence-corrected chi connectivity index (χ4v) is 2.85. The first-order chi connectivity index (χ1) is 11.2. The number of hydrogen-bond acceptors (Lipinski definition) is 3. The van der Waals surface area contributed by atoms with E-state index < -0.39 is 34.6 Å². The van der Waals surface area contributed by atoms with Crippen molar-refractivity contribution < 1.29 is 27.9 Å². The third kappa shape index (κ3) is 4.85. The van der Waals surface area contributed by atoms with E-state index in [1.54, 1.807) is 4.90 Å². The molecule has 1 aromatic carbocycles. The molecule has 0 saturated carbocycles. The lowest BCUT2D eigenvalue weighted by atomic mass is 9.98.